The van der Waals surface area contributed by atoms with Gasteiger partial charge >= 0.3 is 5.97 Å². The molecule has 1 atom stereocenters. The lowest BCUT2D eigenvalue weighted by atomic mass is 9.38. The molecule has 2 heterocycles. The standard InChI is InChI=1S/C16H16ClN3O3/c1-9-10-6-16(9,7-10)8-23-13-4-5-20(19-13)12-3-2-11(15(21)22)14(17)18-12/h2-5,9-10H,6-8H2,1H3,(H,21,22)/t9-,10?,16?/m1/s1. The Morgan fingerprint density at radius 2 is 2.26 bits per heavy atom. The number of pyridine rings is 1. The molecule has 3 aliphatic rings. The van der Waals surface area contributed by atoms with E-state index >= 15 is 0 Å². The van der Waals surface area contributed by atoms with Crippen LogP contribution in [-0.4, -0.2) is 32.4 Å². The first-order valence-electron chi connectivity index (χ1n) is 7.57. The highest BCUT2D eigenvalue weighted by Gasteiger charge is 2.63. The van der Waals surface area contributed by atoms with E-state index in [9.17, 15) is 4.79 Å². The van der Waals surface area contributed by atoms with Crippen LogP contribution in [0.4, 0.5) is 0 Å². The molecule has 0 unspecified atom stereocenters. The summed E-state index contributed by atoms with van der Waals surface area (Å²) in [5, 5.41) is 13.2. The maximum absolute atomic E-state index is 11.0. The molecule has 2 aromatic heterocycles. The molecule has 1 N–H and O–H groups in total. The molecule has 6 nitrogen and oxygen atoms in total. The highest BCUT2D eigenvalue weighted by atomic mass is 35.5. The molecule has 0 aromatic carbocycles. The van der Waals surface area contributed by atoms with E-state index in [1.165, 1.54) is 23.6 Å². The second-order valence-corrected chi connectivity index (χ2v) is 6.88. The highest BCUT2D eigenvalue weighted by molar-refractivity contribution is 6.32. The summed E-state index contributed by atoms with van der Waals surface area (Å²) in [5.74, 6) is 1.55. The molecule has 0 aliphatic heterocycles. The lowest BCUT2D eigenvalue weighted by Gasteiger charge is -2.67. The van der Waals surface area contributed by atoms with Crippen LogP contribution in [0.1, 0.15) is 30.1 Å². The third kappa shape index (κ3) is 2.20. The van der Waals surface area contributed by atoms with Crippen molar-refractivity contribution in [3.63, 3.8) is 0 Å². The van der Waals surface area contributed by atoms with Crippen LogP contribution in [0.5, 0.6) is 5.88 Å². The number of aromatic nitrogens is 3. The largest absolute Gasteiger partial charge is 0.478 e. The number of ether oxygens (including phenoxy) is 1. The van der Waals surface area contributed by atoms with Crippen molar-refractivity contribution in [2.24, 2.45) is 17.3 Å². The van der Waals surface area contributed by atoms with Gasteiger partial charge in [0.05, 0.1) is 12.2 Å². The average Bonchev–Trinajstić information content (AvgIpc) is 2.94. The molecule has 5 rings (SSSR count). The first-order chi connectivity index (χ1) is 11.0. The zero-order valence-corrected chi connectivity index (χ0v) is 13.3. The number of aromatic carboxylic acids is 1. The fourth-order valence-electron chi connectivity index (χ4n) is 3.58. The van der Waals surface area contributed by atoms with Crippen LogP contribution in [-0.2, 0) is 0 Å². The van der Waals surface area contributed by atoms with Gasteiger partial charge in [0.2, 0.25) is 5.88 Å². The molecule has 0 saturated heterocycles. The Labute approximate surface area is 138 Å². The van der Waals surface area contributed by atoms with E-state index in [2.05, 4.69) is 17.0 Å². The van der Waals surface area contributed by atoms with Crippen molar-refractivity contribution in [1.29, 1.82) is 0 Å². The van der Waals surface area contributed by atoms with Gasteiger partial charge in [0, 0.05) is 17.7 Å². The molecule has 2 bridgehead atoms. The fraction of sp³-hybridized carbons (Fsp3) is 0.438. The Kier molecular flexibility index (Phi) is 3.13. The Morgan fingerprint density at radius 3 is 2.83 bits per heavy atom. The first-order valence-corrected chi connectivity index (χ1v) is 7.95. The normalized spacial score (nSPS) is 27.9. The van der Waals surface area contributed by atoms with Gasteiger partial charge < -0.3 is 9.84 Å². The minimum absolute atomic E-state index is 0.0309. The van der Waals surface area contributed by atoms with Gasteiger partial charge in [-0.15, -0.1) is 5.10 Å². The van der Waals surface area contributed by atoms with E-state index in [-0.39, 0.29) is 10.7 Å². The van der Waals surface area contributed by atoms with E-state index in [1.807, 2.05) is 0 Å². The van der Waals surface area contributed by atoms with Crippen LogP contribution in [0.15, 0.2) is 24.4 Å². The molecular weight excluding hydrogens is 318 g/mol. The van der Waals surface area contributed by atoms with Gasteiger partial charge in [-0.25, -0.2) is 14.5 Å². The third-order valence-electron chi connectivity index (χ3n) is 5.38. The third-order valence-corrected chi connectivity index (χ3v) is 5.67. The number of halogens is 1. The summed E-state index contributed by atoms with van der Waals surface area (Å²) in [6.45, 7) is 2.99. The molecular formula is C16H16ClN3O3. The van der Waals surface area contributed by atoms with E-state index in [1.54, 1.807) is 18.3 Å². The minimum Gasteiger partial charge on any atom is -0.478 e. The molecule has 7 heteroatoms. The Bertz CT molecular complexity index is 783. The van der Waals surface area contributed by atoms with Gasteiger partial charge in [0.1, 0.15) is 5.15 Å². The summed E-state index contributed by atoms with van der Waals surface area (Å²) in [6.07, 6.45) is 4.26. The van der Waals surface area contributed by atoms with Crippen molar-refractivity contribution in [2.75, 3.05) is 6.61 Å². The number of carboxylic acid groups (broad SMARTS) is 1. The molecule has 3 saturated carbocycles. The van der Waals surface area contributed by atoms with Crippen molar-refractivity contribution in [3.8, 4) is 11.7 Å². The van der Waals surface area contributed by atoms with Crippen LogP contribution in [0.2, 0.25) is 5.15 Å². The summed E-state index contributed by atoms with van der Waals surface area (Å²) in [7, 11) is 0. The van der Waals surface area contributed by atoms with Gasteiger partial charge in [-0.05, 0) is 36.8 Å². The summed E-state index contributed by atoms with van der Waals surface area (Å²) in [6, 6.07) is 4.75. The smallest absolute Gasteiger partial charge is 0.338 e. The SMILES string of the molecule is C[C@@H]1C2CC1(COc1ccn(-c3ccc(C(=O)O)c(Cl)n3)n1)C2. The molecule has 0 amide bonds. The predicted octanol–water partition coefficient (Wildman–Crippen LogP) is 3.04. The number of nitrogens with zero attached hydrogens (tertiary/aromatic N) is 3. The monoisotopic (exact) mass is 333 g/mol. The fourth-order valence-corrected chi connectivity index (χ4v) is 3.81. The number of hydrogen-bond acceptors (Lipinski definition) is 4. The quantitative estimate of drug-likeness (QED) is 0.851. The highest BCUT2D eigenvalue weighted by Crippen LogP contribution is 2.68. The van der Waals surface area contributed by atoms with Crippen LogP contribution >= 0.6 is 11.6 Å². The lowest BCUT2D eigenvalue weighted by Crippen LogP contribution is -2.62. The number of hydrogen-bond donors (Lipinski definition) is 1. The maximum Gasteiger partial charge on any atom is 0.338 e. The average molecular weight is 334 g/mol. The molecule has 3 fully saturated rings. The van der Waals surface area contributed by atoms with Crippen LogP contribution in [0.25, 0.3) is 5.82 Å². The van der Waals surface area contributed by atoms with Crippen molar-refractivity contribution >= 4 is 17.6 Å². The Hall–Kier alpha value is -2.08. The molecule has 120 valence electrons. The van der Waals surface area contributed by atoms with E-state index in [4.69, 9.17) is 21.4 Å². The summed E-state index contributed by atoms with van der Waals surface area (Å²) in [5.41, 5.74) is 0.329. The van der Waals surface area contributed by atoms with Crippen LogP contribution in [0, 0.1) is 17.3 Å². The van der Waals surface area contributed by atoms with Crippen LogP contribution < -0.4 is 4.74 Å². The first kappa shape index (κ1) is 14.5. The zero-order valence-electron chi connectivity index (χ0n) is 12.6. The van der Waals surface area contributed by atoms with Crippen molar-refractivity contribution in [2.45, 2.75) is 19.8 Å². The zero-order chi connectivity index (χ0) is 16.2. The number of carbonyl (C=O) groups is 1. The molecule has 2 aromatic rings. The van der Waals surface area contributed by atoms with Crippen molar-refractivity contribution in [1.82, 2.24) is 14.8 Å². The predicted molar refractivity (Wildman–Crippen MR) is 83.1 cm³/mol. The van der Waals surface area contributed by atoms with Crippen molar-refractivity contribution in [3.05, 3.63) is 35.1 Å². The van der Waals surface area contributed by atoms with Crippen LogP contribution in [0.3, 0.4) is 0 Å². The topological polar surface area (TPSA) is 77.2 Å². The second-order valence-electron chi connectivity index (χ2n) is 6.52. The minimum atomic E-state index is -1.11. The van der Waals surface area contributed by atoms with Gasteiger partial charge in [0.15, 0.2) is 5.82 Å². The summed E-state index contributed by atoms with van der Waals surface area (Å²) >= 11 is 5.89. The lowest BCUT2D eigenvalue weighted by molar-refractivity contribution is -0.199. The summed E-state index contributed by atoms with van der Waals surface area (Å²) in [4.78, 5) is 15.0. The van der Waals surface area contributed by atoms with Gasteiger partial charge in [-0.3, -0.25) is 0 Å². The van der Waals surface area contributed by atoms with Gasteiger partial charge in [-0.2, -0.15) is 0 Å². The Balaban J connectivity index is 1.47. The van der Waals surface area contributed by atoms with Crippen molar-refractivity contribution < 1.29 is 14.6 Å². The molecule has 23 heavy (non-hydrogen) atoms. The van der Waals surface area contributed by atoms with Gasteiger partial charge in [0.25, 0.3) is 0 Å². The van der Waals surface area contributed by atoms with E-state index in [0.717, 1.165) is 11.8 Å². The maximum atomic E-state index is 11.0. The van der Waals surface area contributed by atoms with E-state index < -0.39 is 5.97 Å². The molecule has 3 aliphatic carbocycles. The number of carboxylic acids is 1. The number of rotatable bonds is 5. The second kappa shape index (κ2) is 4.96. The summed E-state index contributed by atoms with van der Waals surface area (Å²) < 4.78 is 7.35. The molecule has 0 radical (unpaired) electrons. The molecule has 0 spiro atoms. The Morgan fingerprint density at radius 1 is 1.48 bits per heavy atom. The van der Waals surface area contributed by atoms with E-state index in [0.29, 0.717) is 23.7 Å². The van der Waals surface area contributed by atoms with Gasteiger partial charge in [-0.1, -0.05) is 18.5 Å².